The van der Waals surface area contributed by atoms with Crippen molar-refractivity contribution in [1.82, 2.24) is 14.7 Å². The van der Waals surface area contributed by atoms with Crippen molar-refractivity contribution in [2.45, 2.75) is 19.8 Å². The number of nitrogens with zero attached hydrogens (tertiary/aromatic N) is 2. The summed E-state index contributed by atoms with van der Waals surface area (Å²) in [6, 6.07) is 8.93. The van der Waals surface area contributed by atoms with E-state index in [1.165, 1.54) is 24.3 Å². The molecule has 3 aromatic rings. The molecule has 9 heteroatoms. The van der Waals surface area contributed by atoms with Gasteiger partial charge in [-0.3, -0.25) is 9.20 Å². The first kappa shape index (κ1) is 18.2. The number of alkyl halides is 3. The smallest absolute Gasteiger partial charge is 0.406 e. The van der Waals surface area contributed by atoms with Crippen molar-refractivity contribution in [2.24, 2.45) is 0 Å². The number of rotatable bonds is 4. The number of imidazole rings is 1. The van der Waals surface area contributed by atoms with E-state index in [1.54, 1.807) is 23.6 Å². The van der Waals surface area contributed by atoms with Crippen LogP contribution in [0.25, 0.3) is 5.65 Å². The number of nitrogens with one attached hydrogen (secondary N) is 1. The minimum atomic E-state index is -4.73. The molecule has 0 radical (unpaired) electrons. The summed E-state index contributed by atoms with van der Waals surface area (Å²) >= 11 is 3.36. The molecule has 0 unspecified atom stereocenters. The van der Waals surface area contributed by atoms with Gasteiger partial charge in [0, 0.05) is 17.2 Å². The average molecular weight is 428 g/mol. The van der Waals surface area contributed by atoms with Gasteiger partial charge in [0.2, 0.25) is 0 Å². The van der Waals surface area contributed by atoms with Gasteiger partial charge in [0.1, 0.15) is 17.1 Å². The fourth-order valence-corrected chi connectivity index (χ4v) is 2.82. The fraction of sp³-hybridized carbons (Fsp3) is 0.176. The molecule has 0 saturated heterocycles. The molecule has 26 heavy (non-hydrogen) atoms. The van der Waals surface area contributed by atoms with E-state index in [0.29, 0.717) is 22.6 Å². The van der Waals surface area contributed by atoms with Crippen LogP contribution >= 0.6 is 15.9 Å². The van der Waals surface area contributed by atoms with Gasteiger partial charge in [-0.1, -0.05) is 12.1 Å². The Hall–Kier alpha value is -2.55. The lowest BCUT2D eigenvalue weighted by Gasteiger charge is -2.10. The third-order valence-corrected chi connectivity index (χ3v) is 4.05. The predicted molar refractivity (Wildman–Crippen MR) is 91.9 cm³/mol. The number of ether oxygens (including phenoxy) is 1. The van der Waals surface area contributed by atoms with Gasteiger partial charge in [0.15, 0.2) is 0 Å². The number of aryl methyl sites for hydroxylation is 1. The number of carbonyl (C=O) groups excluding carboxylic acids is 1. The van der Waals surface area contributed by atoms with Crippen LogP contribution in [-0.2, 0) is 6.54 Å². The molecule has 0 fully saturated rings. The maximum atomic E-state index is 12.5. The van der Waals surface area contributed by atoms with Gasteiger partial charge in [-0.05, 0) is 52.7 Å². The van der Waals surface area contributed by atoms with Crippen LogP contribution in [0.1, 0.15) is 21.7 Å². The Bertz CT molecular complexity index is 952. The van der Waals surface area contributed by atoms with Gasteiger partial charge in [0.05, 0.1) is 5.69 Å². The summed E-state index contributed by atoms with van der Waals surface area (Å²) in [5.41, 5.74) is 2.26. The Balaban J connectivity index is 1.71. The SMILES string of the molecule is Cc1nc2ccc(Br)cn2c1C(=O)NCc1ccc(OC(F)(F)F)cc1. The minimum Gasteiger partial charge on any atom is -0.406 e. The molecule has 2 aromatic heterocycles. The van der Waals surface area contributed by atoms with E-state index in [9.17, 15) is 18.0 Å². The molecule has 0 aliphatic heterocycles. The Morgan fingerprint density at radius 2 is 1.92 bits per heavy atom. The zero-order valence-electron chi connectivity index (χ0n) is 13.5. The highest BCUT2D eigenvalue weighted by Gasteiger charge is 2.30. The molecule has 0 spiro atoms. The minimum absolute atomic E-state index is 0.159. The monoisotopic (exact) mass is 427 g/mol. The number of fused-ring (bicyclic) bond motifs is 1. The molecule has 3 rings (SSSR count). The molecule has 5 nitrogen and oxygen atoms in total. The van der Waals surface area contributed by atoms with E-state index in [4.69, 9.17) is 0 Å². The molecule has 1 N–H and O–H groups in total. The van der Waals surface area contributed by atoms with Crippen LogP contribution in [0.2, 0.25) is 0 Å². The maximum absolute atomic E-state index is 12.5. The molecule has 0 bridgehead atoms. The molecular weight excluding hydrogens is 415 g/mol. The average Bonchev–Trinajstić information content (AvgIpc) is 2.87. The molecule has 0 atom stereocenters. The van der Waals surface area contributed by atoms with E-state index >= 15 is 0 Å². The summed E-state index contributed by atoms with van der Waals surface area (Å²) in [5.74, 6) is -0.640. The summed E-state index contributed by atoms with van der Waals surface area (Å²) < 4.78 is 42.8. The highest BCUT2D eigenvalue weighted by Crippen LogP contribution is 2.23. The van der Waals surface area contributed by atoms with Gasteiger partial charge in [-0.15, -0.1) is 13.2 Å². The van der Waals surface area contributed by atoms with E-state index < -0.39 is 6.36 Å². The standard InChI is InChI=1S/C17H13BrF3N3O2/c1-10-15(24-9-12(18)4-7-14(24)23-10)16(25)22-8-11-2-5-13(6-3-11)26-17(19,20)21/h2-7,9H,8H2,1H3,(H,22,25). The van der Waals surface area contributed by atoms with E-state index in [-0.39, 0.29) is 18.2 Å². The third-order valence-electron chi connectivity index (χ3n) is 3.58. The number of hydrogen-bond acceptors (Lipinski definition) is 3. The molecule has 1 aromatic carbocycles. The normalized spacial score (nSPS) is 11.6. The number of halogens is 4. The molecule has 136 valence electrons. The second kappa shape index (κ2) is 6.99. The van der Waals surface area contributed by atoms with Crippen LogP contribution in [-0.4, -0.2) is 21.7 Å². The highest BCUT2D eigenvalue weighted by atomic mass is 79.9. The van der Waals surface area contributed by atoms with Crippen molar-refractivity contribution in [3.63, 3.8) is 0 Å². The Morgan fingerprint density at radius 1 is 1.23 bits per heavy atom. The Labute approximate surface area is 154 Å². The number of pyridine rings is 1. The van der Waals surface area contributed by atoms with Crippen molar-refractivity contribution in [3.05, 3.63) is 64.0 Å². The summed E-state index contributed by atoms with van der Waals surface area (Å²) in [6.45, 7) is 1.89. The molecular formula is C17H13BrF3N3O2. The van der Waals surface area contributed by atoms with Crippen LogP contribution in [0.3, 0.4) is 0 Å². The van der Waals surface area contributed by atoms with Crippen molar-refractivity contribution >= 4 is 27.5 Å². The molecule has 0 saturated carbocycles. The zero-order chi connectivity index (χ0) is 18.9. The Morgan fingerprint density at radius 3 is 2.58 bits per heavy atom. The lowest BCUT2D eigenvalue weighted by Crippen LogP contribution is -2.25. The van der Waals surface area contributed by atoms with Crippen LogP contribution in [0, 0.1) is 6.92 Å². The van der Waals surface area contributed by atoms with Crippen LogP contribution < -0.4 is 10.1 Å². The molecule has 0 aliphatic carbocycles. The number of amides is 1. The van der Waals surface area contributed by atoms with E-state index in [1.807, 2.05) is 6.07 Å². The van der Waals surface area contributed by atoms with Crippen molar-refractivity contribution in [3.8, 4) is 5.75 Å². The van der Waals surface area contributed by atoms with Gasteiger partial charge in [-0.25, -0.2) is 4.98 Å². The largest absolute Gasteiger partial charge is 0.573 e. The van der Waals surface area contributed by atoms with Crippen LogP contribution in [0.4, 0.5) is 13.2 Å². The van der Waals surface area contributed by atoms with Gasteiger partial charge in [-0.2, -0.15) is 0 Å². The van der Waals surface area contributed by atoms with Gasteiger partial charge in [0.25, 0.3) is 5.91 Å². The van der Waals surface area contributed by atoms with E-state index in [2.05, 4.69) is 31.0 Å². The molecule has 0 aliphatic rings. The number of aromatic nitrogens is 2. The zero-order valence-corrected chi connectivity index (χ0v) is 15.1. The first-order valence-electron chi connectivity index (χ1n) is 7.50. The Kier molecular flexibility index (Phi) is 4.90. The lowest BCUT2D eigenvalue weighted by molar-refractivity contribution is -0.274. The van der Waals surface area contributed by atoms with Gasteiger partial charge >= 0.3 is 6.36 Å². The fourth-order valence-electron chi connectivity index (χ4n) is 2.49. The number of benzene rings is 1. The third kappa shape index (κ3) is 4.16. The number of hydrogen-bond donors (Lipinski definition) is 1. The summed E-state index contributed by atoms with van der Waals surface area (Å²) in [4.78, 5) is 16.9. The molecule has 2 heterocycles. The maximum Gasteiger partial charge on any atom is 0.573 e. The second-order valence-corrected chi connectivity index (χ2v) is 6.41. The first-order chi connectivity index (χ1) is 12.2. The predicted octanol–water partition coefficient (Wildman–Crippen LogP) is 4.23. The molecule has 1 amide bonds. The second-order valence-electron chi connectivity index (χ2n) is 5.50. The summed E-state index contributed by atoms with van der Waals surface area (Å²) in [5, 5.41) is 2.74. The van der Waals surface area contributed by atoms with Crippen molar-refractivity contribution < 1.29 is 22.7 Å². The van der Waals surface area contributed by atoms with Crippen LogP contribution in [0.15, 0.2) is 47.1 Å². The van der Waals surface area contributed by atoms with Gasteiger partial charge < -0.3 is 10.1 Å². The summed E-state index contributed by atoms with van der Waals surface area (Å²) in [6.07, 6.45) is -2.99. The van der Waals surface area contributed by atoms with E-state index in [0.717, 1.165) is 4.47 Å². The first-order valence-corrected chi connectivity index (χ1v) is 8.29. The summed E-state index contributed by atoms with van der Waals surface area (Å²) in [7, 11) is 0. The number of carbonyl (C=O) groups is 1. The highest BCUT2D eigenvalue weighted by molar-refractivity contribution is 9.10. The topological polar surface area (TPSA) is 55.6 Å². The van der Waals surface area contributed by atoms with Crippen LogP contribution in [0.5, 0.6) is 5.75 Å². The van der Waals surface area contributed by atoms with Crippen molar-refractivity contribution in [1.29, 1.82) is 0 Å². The van der Waals surface area contributed by atoms with Crippen molar-refractivity contribution in [2.75, 3.05) is 0 Å². The lowest BCUT2D eigenvalue weighted by atomic mass is 10.2. The quantitative estimate of drug-likeness (QED) is 0.677.